The number of allylic oxidation sites excluding steroid dienone is 6. The molecule has 1 aliphatic carbocycles. The zero-order chi connectivity index (χ0) is 11.1. The summed E-state index contributed by atoms with van der Waals surface area (Å²) >= 11 is 0. The van der Waals surface area contributed by atoms with E-state index in [0.717, 1.165) is 0 Å². The summed E-state index contributed by atoms with van der Waals surface area (Å²) in [7, 11) is 0. The van der Waals surface area contributed by atoms with Crippen molar-refractivity contribution in [3.63, 3.8) is 0 Å². The Bertz CT molecular complexity index is 266. The molecule has 1 atom stereocenters. The van der Waals surface area contributed by atoms with Crippen molar-refractivity contribution in [2.24, 2.45) is 5.92 Å². The van der Waals surface area contributed by atoms with Crippen LogP contribution in [0, 0.1) is 5.92 Å². The zero-order valence-corrected chi connectivity index (χ0v) is 10.4. The van der Waals surface area contributed by atoms with Crippen molar-refractivity contribution >= 4 is 0 Å². The molecule has 0 nitrogen and oxygen atoms in total. The highest BCUT2D eigenvalue weighted by molar-refractivity contribution is 5.14. The minimum atomic E-state index is 0.713. The molecular weight excluding hydrogens is 180 g/mol. The quantitative estimate of drug-likeness (QED) is 0.485. The van der Waals surface area contributed by atoms with Crippen LogP contribution in [-0.2, 0) is 0 Å². The van der Waals surface area contributed by atoms with Crippen LogP contribution < -0.4 is 0 Å². The van der Waals surface area contributed by atoms with Gasteiger partial charge in [0.25, 0.3) is 0 Å². The highest BCUT2D eigenvalue weighted by atomic mass is 14.1. The van der Waals surface area contributed by atoms with Crippen LogP contribution in [0.5, 0.6) is 0 Å². The first-order chi connectivity index (χ1) is 7.22. The van der Waals surface area contributed by atoms with Gasteiger partial charge in [0.15, 0.2) is 0 Å². The average molecular weight is 204 g/mol. The molecule has 0 radical (unpaired) electrons. The van der Waals surface area contributed by atoms with Gasteiger partial charge in [0.1, 0.15) is 0 Å². The van der Waals surface area contributed by atoms with E-state index in [1.165, 1.54) is 32.1 Å². The van der Waals surface area contributed by atoms with Gasteiger partial charge in [-0.2, -0.15) is 0 Å². The molecule has 0 heterocycles. The predicted octanol–water partition coefficient (Wildman–Crippen LogP) is 5.04. The molecule has 0 N–H and O–H groups in total. The summed E-state index contributed by atoms with van der Waals surface area (Å²) in [5, 5.41) is 0. The van der Waals surface area contributed by atoms with Crippen molar-refractivity contribution in [3.8, 4) is 0 Å². The maximum atomic E-state index is 2.34. The van der Waals surface area contributed by atoms with Gasteiger partial charge in [0.05, 0.1) is 0 Å². The van der Waals surface area contributed by atoms with E-state index in [1.807, 2.05) is 0 Å². The first kappa shape index (κ1) is 12.3. The van der Waals surface area contributed by atoms with Crippen molar-refractivity contribution in [3.05, 3.63) is 35.5 Å². The number of rotatable bonds is 0. The van der Waals surface area contributed by atoms with Crippen molar-refractivity contribution < 1.29 is 0 Å². The molecule has 0 aromatic heterocycles. The van der Waals surface area contributed by atoms with E-state index in [9.17, 15) is 0 Å². The standard InChI is InChI=1S/C15H24/c1-13-11-9-7-5-4-6-8-10-12-14(2)15(13)3/h5,7-8,10,14H,4,6,9,11-12H2,1-3H3/b7-5-,10-8-,15-13-. The molecule has 0 heteroatoms. The molecule has 0 aromatic carbocycles. The van der Waals surface area contributed by atoms with E-state index in [1.54, 1.807) is 11.1 Å². The predicted molar refractivity (Wildman–Crippen MR) is 68.9 cm³/mol. The monoisotopic (exact) mass is 204 g/mol. The maximum absolute atomic E-state index is 2.34. The number of hydrogen-bond donors (Lipinski definition) is 0. The fourth-order valence-corrected chi connectivity index (χ4v) is 1.94. The molecule has 0 saturated carbocycles. The molecule has 1 rings (SSSR count). The van der Waals surface area contributed by atoms with Gasteiger partial charge < -0.3 is 0 Å². The molecule has 1 unspecified atom stereocenters. The smallest absolute Gasteiger partial charge is 0.0197 e. The molecule has 0 fully saturated rings. The van der Waals surface area contributed by atoms with Crippen molar-refractivity contribution in [2.75, 3.05) is 0 Å². The summed E-state index contributed by atoms with van der Waals surface area (Å²) in [6, 6.07) is 0. The summed E-state index contributed by atoms with van der Waals surface area (Å²) < 4.78 is 0. The minimum Gasteiger partial charge on any atom is -0.0882 e. The number of hydrogen-bond acceptors (Lipinski definition) is 0. The molecule has 84 valence electrons. The van der Waals surface area contributed by atoms with Crippen LogP contribution >= 0.6 is 0 Å². The second kappa shape index (κ2) is 6.66. The summed E-state index contributed by atoms with van der Waals surface area (Å²) in [6.45, 7) is 6.92. The minimum absolute atomic E-state index is 0.713. The molecular formula is C15H24. The van der Waals surface area contributed by atoms with Crippen molar-refractivity contribution in [2.45, 2.75) is 52.9 Å². The van der Waals surface area contributed by atoms with Crippen LogP contribution in [0.3, 0.4) is 0 Å². The Morgan fingerprint density at radius 1 is 0.933 bits per heavy atom. The summed E-state index contributed by atoms with van der Waals surface area (Å²) in [5.41, 5.74) is 3.18. The van der Waals surface area contributed by atoms with E-state index in [2.05, 4.69) is 45.1 Å². The molecule has 0 saturated heterocycles. The van der Waals surface area contributed by atoms with Gasteiger partial charge in [0, 0.05) is 0 Å². The first-order valence-electron chi connectivity index (χ1n) is 6.18. The highest BCUT2D eigenvalue weighted by Gasteiger charge is 2.05. The SMILES string of the molecule is C/C1=C(\C)C(C)C/C=C\CC/C=C\CC1. The second-order valence-electron chi connectivity index (χ2n) is 4.66. The van der Waals surface area contributed by atoms with Crippen molar-refractivity contribution in [1.29, 1.82) is 0 Å². The average Bonchev–Trinajstić information content (AvgIpc) is 2.23. The van der Waals surface area contributed by atoms with Crippen LogP contribution in [0.4, 0.5) is 0 Å². The molecule has 0 aliphatic heterocycles. The fourth-order valence-electron chi connectivity index (χ4n) is 1.94. The normalized spacial score (nSPS) is 33.9. The van der Waals surface area contributed by atoms with Gasteiger partial charge in [0.2, 0.25) is 0 Å². The Morgan fingerprint density at radius 2 is 1.53 bits per heavy atom. The molecule has 15 heavy (non-hydrogen) atoms. The largest absolute Gasteiger partial charge is 0.0882 e. The van der Waals surface area contributed by atoms with Crippen LogP contribution in [0.1, 0.15) is 52.9 Å². The van der Waals surface area contributed by atoms with E-state index >= 15 is 0 Å². The van der Waals surface area contributed by atoms with Gasteiger partial charge in [-0.1, -0.05) is 42.4 Å². The first-order valence-corrected chi connectivity index (χ1v) is 6.18. The van der Waals surface area contributed by atoms with Gasteiger partial charge in [-0.25, -0.2) is 0 Å². The van der Waals surface area contributed by atoms with E-state index in [-0.39, 0.29) is 0 Å². The van der Waals surface area contributed by atoms with Gasteiger partial charge in [-0.15, -0.1) is 0 Å². The lowest BCUT2D eigenvalue weighted by Gasteiger charge is -2.14. The Labute approximate surface area is 94.8 Å². The lowest BCUT2D eigenvalue weighted by Crippen LogP contribution is -1.98. The second-order valence-corrected chi connectivity index (χ2v) is 4.66. The third-order valence-corrected chi connectivity index (χ3v) is 3.42. The molecule has 0 amide bonds. The molecule has 0 spiro atoms. The fraction of sp³-hybridized carbons (Fsp3) is 0.600. The van der Waals surface area contributed by atoms with Crippen LogP contribution in [-0.4, -0.2) is 0 Å². The van der Waals surface area contributed by atoms with E-state index < -0.39 is 0 Å². The van der Waals surface area contributed by atoms with Gasteiger partial charge >= 0.3 is 0 Å². The third kappa shape index (κ3) is 4.51. The lowest BCUT2D eigenvalue weighted by molar-refractivity contribution is 0.675. The lowest BCUT2D eigenvalue weighted by atomic mass is 9.92. The van der Waals surface area contributed by atoms with Crippen LogP contribution in [0.2, 0.25) is 0 Å². The van der Waals surface area contributed by atoms with Gasteiger partial charge in [-0.05, 0) is 51.9 Å². The Kier molecular flexibility index (Phi) is 5.45. The third-order valence-electron chi connectivity index (χ3n) is 3.42. The van der Waals surface area contributed by atoms with E-state index in [0.29, 0.717) is 5.92 Å². The summed E-state index contributed by atoms with van der Waals surface area (Å²) in [5.74, 6) is 0.713. The van der Waals surface area contributed by atoms with E-state index in [4.69, 9.17) is 0 Å². The molecule has 0 aromatic rings. The summed E-state index contributed by atoms with van der Waals surface area (Å²) in [4.78, 5) is 0. The van der Waals surface area contributed by atoms with Crippen LogP contribution in [0.15, 0.2) is 35.5 Å². The van der Waals surface area contributed by atoms with Gasteiger partial charge in [-0.3, -0.25) is 0 Å². The molecule has 0 bridgehead atoms. The Balaban J connectivity index is 2.70. The topological polar surface area (TPSA) is 0 Å². The zero-order valence-electron chi connectivity index (χ0n) is 10.4. The van der Waals surface area contributed by atoms with Crippen molar-refractivity contribution in [1.82, 2.24) is 0 Å². The molecule has 1 aliphatic rings. The van der Waals surface area contributed by atoms with Crippen LogP contribution in [0.25, 0.3) is 0 Å². The maximum Gasteiger partial charge on any atom is -0.0197 e. The Hall–Kier alpha value is -0.780. The highest BCUT2D eigenvalue weighted by Crippen LogP contribution is 2.22. The summed E-state index contributed by atoms with van der Waals surface area (Å²) in [6.07, 6.45) is 15.4. The Morgan fingerprint density at radius 3 is 2.27 bits per heavy atom.